The summed E-state index contributed by atoms with van der Waals surface area (Å²) < 4.78 is 5.52. The minimum Gasteiger partial charge on any atom is -0.483 e. The summed E-state index contributed by atoms with van der Waals surface area (Å²) in [6, 6.07) is 14.7. The SMILES string of the molecule is C=CCc1ccccc1OCC(=O)NN=Cc1ccc(Cl)cc1. The molecule has 0 heterocycles. The van der Waals surface area contributed by atoms with Crippen LogP contribution in [0, 0.1) is 0 Å². The Morgan fingerprint density at radius 2 is 1.96 bits per heavy atom. The van der Waals surface area contributed by atoms with Gasteiger partial charge < -0.3 is 4.74 Å². The first-order chi connectivity index (χ1) is 11.2. The Bertz CT molecular complexity index is 696. The molecule has 0 saturated heterocycles. The van der Waals surface area contributed by atoms with Gasteiger partial charge in [-0.15, -0.1) is 6.58 Å². The van der Waals surface area contributed by atoms with Gasteiger partial charge in [0, 0.05) is 5.02 Å². The Balaban J connectivity index is 1.83. The molecule has 0 fully saturated rings. The highest BCUT2D eigenvalue weighted by atomic mass is 35.5. The van der Waals surface area contributed by atoms with Crippen LogP contribution in [0.1, 0.15) is 11.1 Å². The lowest BCUT2D eigenvalue weighted by Gasteiger charge is -2.09. The maximum Gasteiger partial charge on any atom is 0.277 e. The van der Waals surface area contributed by atoms with E-state index in [1.54, 1.807) is 36.6 Å². The maximum absolute atomic E-state index is 11.7. The topological polar surface area (TPSA) is 50.7 Å². The normalized spacial score (nSPS) is 10.5. The number of rotatable bonds is 7. The summed E-state index contributed by atoms with van der Waals surface area (Å²) in [6.45, 7) is 3.60. The molecular weight excluding hydrogens is 312 g/mol. The van der Waals surface area contributed by atoms with Gasteiger partial charge in [-0.05, 0) is 35.7 Å². The lowest BCUT2D eigenvalue weighted by molar-refractivity contribution is -0.123. The number of nitrogens with one attached hydrogen (secondary N) is 1. The summed E-state index contributed by atoms with van der Waals surface area (Å²) in [5, 5.41) is 4.53. The average molecular weight is 329 g/mol. The van der Waals surface area contributed by atoms with Crippen molar-refractivity contribution in [2.75, 3.05) is 6.61 Å². The minimum atomic E-state index is -0.330. The van der Waals surface area contributed by atoms with Crippen molar-refractivity contribution in [2.45, 2.75) is 6.42 Å². The first-order valence-electron chi connectivity index (χ1n) is 7.08. The molecule has 0 bridgehead atoms. The summed E-state index contributed by atoms with van der Waals surface area (Å²) in [4.78, 5) is 11.7. The standard InChI is InChI=1S/C18H17ClN2O2/c1-2-5-15-6-3-4-7-17(15)23-13-18(22)21-20-12-14-8-10-16(19)11-9-14/h2-4,6-12H,1,5,13H2,(H,21,22). The van der Waals surface area contributed by atoms with E-state index in [9.17, 15) is 4.79 Å². The number of allylic oxidation sites excluding steroid dienone is 1. The Kier molecular flexibility index (Phi) is 6.39. The second-order valence-electron chi connectivity index (χ2n) is 4.73. The van der Waals surface area contributed by atoms with Crippen LogP contribution >= 0.6 is 11.6 Å². The highest BCUT2D eigenvalue weighted by molar-refractivity contribution is 6.30. The monoisotopic (exact) mass is 328 g/mol. The third-order valence-corrected chi connectivity index (χ3v) is 3.22. The van der Waals surface area contributed by atoms with Crippen LogP contribution in [0.15, 0.2) is 66.3 Å². The van der Waals surface area contributed by atoms with Crippen molar-refractivity contribution in [2.24, 2.45) is 5.10 Å². The number of amides is 1. The number of nitrogens with zero attached hydrogens (tertiary/aromatic N) is 1. The second kappa shape index (κ2) is 8.76. The van der Waals surface area contributed by atoms with Crippen LogP contribution in [0.3, 0.4) is 0 Å². The number of carbonyl (C=O) groups is 1. The molecule has 0 aliphatic carbocycles. The maximum atomic E-state index is 11.7. The number of hydrogen-bond acceptors (Lipinski definition) is 3. The van der Waals surface area contributed by atoms with Gasteiger partial charge in [0.15, 0.2) is 6.61 Å². The molecule has 0 radical (unpaired) electrons. The first kappa shape index (κ1) is 16.8. The summed E-state index contributed by atoms with van der Waals surface area (Å²) in [5.74, 6) is 0.341. The Morgan fingerprint density at radius 1 is 1.22 bits per heavy atom. The molecule has 1 amide bonds. The molecule has 2 aromatic carbocycles. The predicted octanol–water partition coefficient (Wildman–Crippen LogP) is 3.60. The Labute approximate surface area is 140 Å². The zero-order valence-corrected chi connectivity index (χ0v) is 13.3. The van der Waals surface area contributed by atoms with E-state index in [4.69, 9.17) is 16.3 Å². The van der Waals surface area contributed by atoms with E-state index in [0.29, 0.717) is 17.2 Å². The summed E-state index contributed by atoms with van der Waals surface area (Å²) in [6.07, 6.45) is 4.02. The van der Waals surface area contributed by atoms with Crippen molar-refractivity contribution < 1.29 is 9.53 Å². The van der Waals surface area contributed by atoms with Gasteiger partial charge in [0.05, 0.1) is 6.21 Å². The van der Waals surface area contributed by atoms with E-state index in [-0.39, 0.29) is 12.5 Å². The number of benzene rings is 2. The number of ether oxygens (including phenoxy) is 1. The molecular formula is C18H17ClN2O2. The fourth-order valence-electron chi connectivity index (χ4n) is 1.87. The van der Waals surface area contributed by atoms with Gasteiger partial charge in [-0.25, -0.2) is 5.43 Å². The van der Waals surface area contributed by atoms with Crippen molar-refractivity contribution in [1.82, 2.24) is 5.43 Å². The zero-order valence-electron chi connectivity index (χ0n) is 12.5. The molecule has 0 saturated carbocycles. The van der Waals surface area contributed by atoms with Gasteiger partial charge in [0.2, 0.25) is 0 Å². The lowest BCUT2D eigenvalue weighted by atomic mass is 10.1. The fraction of sp³-hybridized carbons (Fsp3) is 0.111. The van der Waals surface area contributed by atoms with E-state index in [1.165, 1.54) is 0 Å². The van der Waals surface area contributed by atoms with E-state index in [0.717, 1.165) is 11.1 Å². The van der Waals surface area contributed by atoms with Gasteiger partial charge in [0.1, 0.15) is 5.75 Å². The smallest absolute Gasteiger partial charge is 0.277 e. The van der Waals surface area contributed by atoms with Crippen LogP contribution in [-0.4, -0.2) is 18.7 Å². The fourth-order valence-corrected chi connectivity index (χ4v) is 2.00. The second-order valence-corrected chi connectivity index (χ2v) is 5.17. The molecule has 4 nitrogen and oxygen atoms in total. The highest BCUT2D eigenvalue weighted by Crippen LogP contribution is 2.18. The van der Waals surface area contributed by atoms with E-state index >= 15 is 0 Å². The Morgan fingerprint density at radius 3 is 2.70 bits per heavy atom. The van der Waals surface area contributed by atoms with Gasteiger partial charge in [-0.3, -0.25) is 4.79 Å². The molecule has 2 rings (SSSR count). The molecule has 0 aromatic heterocycles. The van der Waals surface area contributed by atoms with E-state index < -0.39 is 0 Å². The molecule has 118 valence electrons. The van der Waals surface area contributed by atoms with Crippen LogP contribution < -0.4 is 10.2 Å². The van der Waals surface area contributed by atoms with Crippen LogP contribution in [0.5, 0.6) is 5.75 Å². The van der Waals surface area contributed by atoms with Crippen LogP contribution in [0.4, 0.5) is 0 Å². The van der Waals surface area contributed by atoms with Gasteiger partial charge in [-0.2, -0.15) is 5.10 Å². The minimum absolute atomic E-state index is 0.105. The molecule has 0 aliphatic rings. The molecule has 1 N–H and O–H groups in total. The molecule has 2 aromatic rings. The number of para-hydroxylation sites is 1. The predicted molar refractivity (Wildman–Crippen MR) is 93.0 cm³/mol. The van der Waals surface area contributed by atoms with Gasteiger partial charge in [-0.1, -0.05) is 48.0 Å². The number of hydrazone groups is 1. The van der Waals surface area contributed by atoms with Crippen molar-refractivity contribution in [3.63, 3.8) is 0 Å². The molecule has 5 heteroatoms. The van der Waals surface area contributed by atoms with Crippen molar-refractivity contribution >= 4 is 23.7 Å². The average Bonchev–Trinajstić information content (AvgIpc) is 2.56. The van der Waals surface area contributed by atoms with Crippen LogP contribution in [0.25, 0.3) is 0 Å². The van der Waals surface area contributed by atoms with Crippen molar-refractivity contribution in [3.05, 3.63) is 77.3 Å². The third kappa shape index (κ3) is 5.60. The first-order valence-corrected chi connectivity index (χ1v) is 7.46. The van der Waals surface area contributed by atoms with Crippen LogP contribution in [0.2, 0.25) is 5.02 Å². The van der Waals surface area contributed by atoms with Crippen molar-refractivity contribution in [3.8, 4) is 5.75 Å². The molecule has 0 atom stereocenters. The molecule has 23 heavy (non-hydrogen) atoms. The molecule has 0 aliphatic heterocycles. The van der Waals surface area contributed by atoms with Crippen molar-refractivity contribution in [1.29, 1.82) is 0 Å². The summed E-state index contributed by atoms with van der Waals surface area (Å²) in [7, 11) is 0. The van der Waals surface area contributed by atoms with Gasteiger partial charge >= 0.3 is 0 Å². The van der Waals surface area contributed by atoms with Gasteiger partial charge in [0.25, 0.3) is 5.91 Å². The van der Waals surface area contributed by atoms with E-state index in [2.05, 4.69) is 17.1 Å². The lowest BCUT2D eigenvalue weighted by Crippen LogP contribution is -2.24. The van der Waals surface area contributed by atoms with Crippen LogP contribution in [-0.2, 0) is 11.2 Å². The van der Waals surface area contributed by atoms with E-state index in [1.807, 2.05) is 24.3 Å². The number of halogens is 1. The Hall–Kier alpha value is -2.59. The number of carbonyl (C=O) groups excluding carboxylic acids is 1. The third-order valence-electron chi connectivity index (χ3n) is 2.97. The highest BCUT2D eigenvalue weighted by Gasteiger charge is 2.04. The largest absolute Gasteiger partial charge is 0.483 e. The quantitative estimate of drug-likeness (QED) is 0.479. The summed E-state index contributed by atoms with van der Waals surface area (Å²) >= 11 is 5.79. The molecule has 0 unspecified atom stereocenters. The molecule has 0 spiro atoms. The zero-order chi connectivity index (χ0) is 16.5. The summed E-state index contributed by atoms with van der Waals surface area (Å²) in [5.41, 5.74) is 4.25. The number of hydrogen-bond donors (Lipinski definition) is 1.